The number of nitrogens with zero attached hydrogens (tertiary/aromatic N) is 2. The molecule has 2 aromatic heterocycles. The Morgan fingerprint density at radius 1 is 1.11 bits per heavy atom. The molecule has 0 atom stereocenters. The maximum atomic E-state index is 4.26. The van der Waals surface area contributed by atoms with E-state index < -0.39 is 0 Å². The van der Waals surface area contributed by atoms with Crippen LogP contribution in [0, 0.1) is 0 Å². The van der Waals surface area contributed by atoms with Gasteiger partial charge in [-0.05, 0) is 52.7 Å². The number of nitrogens with one attached hydrogen (secondary N) is 2. The van der Waals surface area contributed by atoms with E-state index in [1.807, 2.05) is 24.4 Å². The van der Waals surface area contributed by atoms with Crippen LogP contribution >= 0.6 is 15.9 Å². The van der Waals surface area contributed by atoms with Crippen molar-refractivity contribution in [2.45, 2.75) is 13.0 Å². The third-order valence-electron chi connectivity index (χ3n) is 2.62. The lowest BCUT2D eigenvalue weighted by Crippen LogP contribution is -2.17. The predicted molar refractivity (Wildman–Crippen MR) is 81.0 cm³/mol. The molecule has 2 heterocycles. The number of halogens is 1. The molecule has 0 aromatic carbocycles. The number of pyridine rings is 2. The summed E-state index contributed by atoms with van der Waals surface area (Å²) in [4.78, 5) is 8.34. The molecule has 5 heteroatoms. The van der Waals surface area contributed by atoms with Crippen LogP contribution in [0.2, 0.25) is 0 Å². The van der Waals surface area contributed by atoms with E-state index >= 15 is 0 Å². The van der Waals surface area contributed by atoms with E-state index in [0.717, 1.165) is 36.3 Å². The van der Waals surface area contributed by atoms with Crippen LogP contribution < -0.4 is 10.6 Å². The van der Waals surface area contributed by atoms with Crippen molar-refractivity contribution in [3.63, 3.8) is 0 Å². The van der Waals surface area contributed by atoms with Crippen LogP contribution in [-0.4, -0.2) is 23.1 Å². The third-order valence-corrected chi connectivity index (χ3v) is 3.08. The second-order valence-electron chi connectivity index (χ2n) is 4.18. The number of rotatable bonds is 7. The second kappa shape index (κ2) is 7.86. The highest BCUT2D eigenvalue weighted by atomic mass is 79.9. The molecule has 0 saturated carbocycles. The minimum atomic E-state index is 0.865. The molecule has 0 aliphatic heterocycles. The Labute approximate surface area is 121 Å². The fourth-order valence-corrected chi connectivity index (χ4v) is 1.88. The highest BCUT2D eigenvalue weighted by molar-refractivity contribution is 9.10. The molecule has 0 radical (unpaired) electrons. The van der Waals surface area contributed by atoms with Crippen LogP contribution in [0.25, 0.3) is 0 Å². The van der Waals surface area contributed by atoms with Gasteiger partial charge in [0.15, 0.2) is 0 Å². The second-order valence-corrected chi connectivity index (χ2v) is 5.10. The summed E-state index contributed by atoms with van der Waals surface area (Å²) in [6, 6.07) is 7.98. The number of hydrogen-bond acceptors (Lipinski definition) is 4. The first kappa shape index (κ1) is 14.0. The van der Waals surface area contributed by atoms with E-state index in [1.165, 1.54) is 5.56 Å². The first-order valence-electron chi connectivity index (χ1n) is 6.29. The van der Waals surface area contributed by atoms with E-state index in [2.05, 4.69) is 42.6 Å². The highest BCUT2D eigenvalue weighted by Gasteiger charge is 1.94. The van der Waals surface area contributed by atoms with Gasteiger partial charge in [0.1, 0.15) is 5.82 Å². The minimum Gasteiger partial charge on any atom is -0.370 e. The average Bonchev–Trinajstić information content (AvgIpc) is 2.46. The Bertz CT molecular complexity index is 473. The Morgan fingerprint density at radius 2 is 2.05 bits per heavy atom. The van der Waals surface area contributed by atoms with Gasteiger partial charge in [0.25, 0.3) is 0 Å². The molecule has 0 amide bonds. The van der Waals surface area contributed by atoms with Crippen LogP contribution in [-0.2, 0) is 6.54 Å². The molecule has 2 rings (SSSR count). The molecule has 0 spiro atoms. The molecule has 2 aromatic rings. The van der Waals surface area contributed by atoms with E-state index in [-0.39, 0.29) is 0 Å². The molecule has 0 aliphatic carbocycles. The molecule has 0 saturated heterocycles. The summed E-state index contributed by atoms with van der Waals surface area (Å²) in [5.74, 6) is 0.912. The molecule has 19 heavy (non-hydrogen) atoms. The highest BCUT2D eigenvalue weighted by Crippen LogP contribution is 2.10. The van der Waals surface area contributed by atoms with Crippen molar-refractivity contribution in [2.75, 3.05) is 18.4 Å². The number of hydrogen-bond donors (Lipinski definition) is 2. The normalized spacial score (nSPS) is 10.4. The fraction of sp³-hybridized carbons (Fsp3) is 0.286. The average molecular weight is 321 g/mol. The van der Waals surface area contributed by atoms with Crippen molar-refractivity contribution in [3.8, 4) is 0 Å². The van der Waals surface area contributed by atoms with Gasteiger partial charge >= 0.3 is 0 Å². The van der Waals surface area contributed by atoms with Crippen LogP contribution in [0.1, 0.15) is 12.0 Å². The lowest BCUT2D eigenvalue weighted by molar-refractivity contribution is 0.661. The first-order valence-corrected chi connectivity index (χ1v) is 7.09. The van der Waals surface area contributed by atoms with Crippen molar-refractivity contribution in [1.82, 2.24) is 15.3 Å². The monoisotopic (exact) mass is 320 g/mol. The van der Waals surface area contributed by atoms with Crippen LogP contribution in [0.15, 0.2) is 47.3 Å². The van der Waals surface area contributed by atoms with Crippen LogP contribution in [0.5, 0.6) is 0 Å². The quantitative estimate of drug-likeness (QED) is 0.770. The maximum absolute atomic E-state index is 4.26. The van der Waals surface area contributed by atoms with E-state index in [4.69, 9.17) is 0 Å². The SMILES string of the molecule is Brc1ccc(NCCCNCc2cccnc2)nc1. The van der Waals surface area contributed by atoms with Crippen molar-refractivity contribution >= 4 is 21.7 Å². The van der Waals surface area contributed by atoms with Crippen molar-refractivity contribution in [1.29, 1.82) is 0 Å². The van der Waals surface area contributed by atoms with E-state index in [1.54, 1.807) is 12.4 Å². The molecule has 2 N–H and O–H groups in total. The first-order chi connectivity index (χ1) is 9.34. The smallest absolute Gasteiger partial charge is 0.125 e. The molecule has 0 fully saturated rings. The lowest BCUT2D eigenvalue weighted by Gasteiger charge is -2.06. The zero-order valence-electron chi connectivity index (χ0n) is 10.6. The summed E-state index contributed by atoms with van der Waals surface area (Å²) in [6.07, 6.45) is 6.52. The van der Waals surface area contributed by atoms with Gasteiger partial charge in [0.2, 0.25) is 0 Å². The van der Waals surface area contributed by atoms with Gasteiger partial charge in [-0.15, -0.1) is 0 Å². The molecule has 4 nitrogen and oxygen atoms in total. The number of anilines is 1. The third kappa shape index (κ3) is 5.36. The van der Waals surface area contributed by atoms with Gasteiger partial charge in [0, 0.05) is 36.2 Å². The van der Waals surface area contributed by atoms with Crippen LogP contribution in [0.4, 0.5) is 5.82 Å². The summed E-state index contributed by atoms with van der Waals surface area (Å²) < 4.78 is 0.996. The summed E-state index contributed by atoms with van der Waals surface area (Å²) in [5, 5.41) is 6.68. The summed E-state index contributed by atoms with van der Waals surface area (Å²) in [7, 11) is 0. The fourth-order valence-electron chi connectivity index (χ4n) is 1.65. The number of aromatic nitrogens is 2. The summed E-state index contributed by atoms with van der Waals surface area (Å²) >= 11 is 3.36. The van der Waals surface area contributed by atoms with Crippen molar-refractivity contribution < 1.29 is 0 Å². The Balaban J connectivity index is 1.56. The van der Waals surface area contributed by atoms with E-state index in [9.17, 15) is 0 Å². The van der Waals surface area contributed by atoms with Crippen LogP contribution in [0.3, 0.4) is 0 Å². The molecule has 0 bridgehead atoms. The zero-order chi connectivity index (χ0) is 13.3. The minimum absolute atomic E-state index is 0.865. The standard InChI is InChI=1S/C14H17BrN4/c15-13-4-5-14(19-11-13)18-8-2-7-17-10-12-3-1-6-16-9-12/h1,3-6,9,11,17H,2,7-8,10H2,(H,18,19). The zero-order valence-corrected chi connectivity index (χ0v) is 12.2. The van der Waals surface area contributed by atoms with E-state index in [0.29, 0.717) is 0 Å². The molecule has 0 unspecified atom stereocenters. The van der Waals surface area contributed by atoms with Gasteiger partial charge in [-0.2, -0.15) is 0 Å². The Kier molecular flexibility index (Phi) is 5.78. The Hall–Kier alpha value is -1.46. The molecule has 0 aliphatic rings. The largest absolute Gasteiger partial charge is 0.370 e. The van der Waals surface area contributed by atoms with Crippen molar-refractivity contribution in [2.24, 2.45) is 0 Å². The maximum Gasteiger partial charge on any atom is 0.125 e. The molecule has 100 valence electrons. The lowest BCUT2D eigenvalue weighted by atomic mass is 10.3. The van der Waals surface area contributed by atoms with Gasteiger partial charge < -0.3 is 10.6 Å². The van der Waals surface area contributed by atoms with Gasteiger partial charge in [0.05, 0.1) is 0 Å². The van der Waals surface area contributed by atoms with Gasteiger partial charge in [-0.25, -0.2) is 4.98 Å². The summed E-state index contributed by atoms with van der Waals surface area (Å²) in [6.45, 7) is 2.75. The van der Waals surface area contributed by atoms with Gasteiger partial charge in [-0.3, -0.25) is 4.98 Å². The topological polar surface area (TPSA) is 49.8 Å². The molecular formula is C14H17BrN4. The summed E-state index contributed by atoms with van der Waals surface area (Å²) in [5.41, 5.74) is 1.21. The van der Waals surface area contributed by atoms with Crippen molar-refractivity contribution in [3.05, 3.63) is 52.9 Å². The van der Waals surface area contributed by atoms with Gasteiger partial charge in [-0.1, -0.05) is 6.07 Å². The molecular weight excluding hydrogens is 304 g/mol. The Morgan fingerprint density at radius 3 is 2.79 bits per heavy atom. The predicted octanol–water partition coefficient (Wildman–Crippen LogP) is 2.83.